The van der Waals surface area contributed by atoms with Gasteiger partial charge in [-0.2, -0.15) is 0 Å². The zero-order valence-corrected chi connectivity index (χ0v) is 9.76. The molecule has 0 saturated carbocycles. The van der Waals surface area contributed by atoms with Crippen LogP contribution in [-0.4, -0.2) is 18.5 Å². The number of benzene rings is 1. The van der Waals surface area contributed by atoms with E-state index in [0.29, 0.717) is 24.3 Å². The van der Waals surface area contributed by atoms with Gasteiger partial charge in [0, 0.05) is 17.9 Å². The molecule has 0 bridgehead atoms. The molecule has 3 heteroatoms. The molecule has 0 radical (unpaired) electrons. The van der Waals surface area contributed by atoms with E-state index in [-0.39, 0.29) is 17.8 Å². The van der Waals surface area contributed by atoms with Crippen LogP contribution >= 0.6 is 0 Å². The summed E-state index contributed by atoms with van der Waals surface area (Å²) in [5.74, 6) is 1.91. The zero-order valence-electron chi connectivity index (χ0n) is 9.76. The van der Waals surface area contributed by atoms with Crippen LogP contribution in [0.1, 0.15) is 28.3 Å². The second kappa shape index (κ2) is 3.48. The summed E-state index contributed by atoms with van der Waals surface area (Å²) in [6.07, 6.45) is 8.72. The van der Waals surface area contributed by atoms with Crippen molar-refractivity contribution in [3.8, 4) is 11.5 Å². The summed E-state index contributed by atoms with van der Waals surface area (Å²) in [6.45, 7) is 0.481. The van der Waals surface area contributed by atoms with Gasteiger partial charge in [0.05, 0.1) is 12.2 Å². The Morgan fingerprint density at radius 3 is 2.94 bits per heavy atom. The molecule has 3 nitrogen and oxygen atoms in total. The van der Waals surface area contributed by atoms with Gasteiger partial charge in [0.15, 0.2) is 5.78 Å². The van der Waals surface area contributed by atoms with Crippen molar-refractivity contribution in [1.29, 1.82) is 0 Å². The largest absolute Gasteiger partial charge is 0.492 e. The van der Waals surface area contributed by atoms with Crippen molar-refractivity contribution in [2.45, 2.75) is 18.4 Å². The fourth-order valence-electron chi connectivity index (χ4n) is 2.79. The minimum atomic E-state index is 0.0592. The first-order valence-corrected chi connectivity index (χ1v) is 6.18. The minimum Gasteiger partial charge on any atom is -0.492 e. The monoisotopic (exact) mass is 240 g/mol. The van der Waals surface area contributed by atoms with Crippen LogP contribution < -0.4 is 9.47 Å². The molecule has 0 saturated heterocycles. The van der Waals surface area contributed by atoms with E-state index in [4.69, 9.17) is 9.47 Å². The molecule has 2 atom stereocenters. The van der Waals surface area contributed by atoms with Gasteiger partial charge in [0.1, 0.15) is 17.6 Å². The second-order valence-corrected chi connectivity index (χ2v) is 4.79. The summed E-state index contributed by atoms with van der Waals surface area (Å²) in [6, 6.07) is 3.81. The van der Waals surface area contributed by atoms with Gasteiger partial charge in [-0.1, -0.05) is 18.2 Å². The summed E-state index contributed by atoms with van der Waals surface area (Å²) in [5, 5.41) is 0. The Hall–Kier alpha value is -2.03. The average molecular weight is 240 g/mol. The Kier molecular flexibility index (Phi) is 1.92. The smallest absolute Gasteiger partial charge is 0.170 e. The van der Waals surface area contributed by atoms with E-state index in [0.717, 1.165) is 11.3 Å². The van der Waals surface area contributed by atoms with E-state index >= 15 is 0 Å². The Balaban J connectivity index is 1.86. The van der Waals surface area contributed by atoms with Crippen molar-refractivity contribution in [3.05, 3.63) is 47.6 Å². The Morgan fingerprint density at radius 1 is 1.11 bits per heavy atom. The molecule has 2 aliphatic heterocycles. The van der Waals surface area contributed by atoms with Crippen LogP contribution in [0.4, 0.5) is 0 Å². The van der Waals surface area contributed by atoms with Crippen LogP contribution in [0.25, 0.3) is 0 Å². The normalized spacial score (nSPS) is 27.0. The third-order valence-electron chi connectivity index (χ3n) is 3.71. The van der Waals surface area contributed by atoms with E-state index in [1.807, 2.05) is 30.4 Å². The van der Waals surface area contributed by atoms with Crippen LogP contribution in [0.15, 0.2) is 36.4 Å². The van der Waals surface area contributed by atoms with Gasteiger partial charge in [-0.05, 0) is 18.2 Å². The van der Waals surface area contributed by atoms with Gasteiger partial charge < -0.3 is 9.47 Å². The Morgan fingerprint density at radius 2 is 2.00 bits per heavy atom. The number of ketones is 1. The van der Waals surface area contributed by atoms with Crippen LogP contribution in [0.5, 0.6) is 11.5 Å². The highest BCUT2D eigenvalue weighted by molar-refractivity contribution is 6.00. The Labute approximate surface area is 105 Å². The molecule has 4 rings (SSSR count). The van der Waals surface area contributed by atoms with Crippen LogP contribution in [0, 0.1) is 0 Å². The first-order chi connectivity index (χ1) is 8.83. The quantitative estimate of drug-likeness (QED) is 0.699. The van der Waals surface area contributed by atoms with Crippen LogP contribution in [-0.2, 0) is 0 Å². The number of fused-ring (bicyclic) bond motifs is 4. The predicted molar refractivity (Wildman–Crippen MR) is 66.3 cm³/mol. The van der Waals surface area contributed by atoms with Gasteiger partial charge in [0.2, 0.25) is 0 Å². The first-order valence-electron chi connectivity index (χ1n) is 6.18. The lowest BCUT2D eigenvalue weighted by molar-refractivity contribution is 0.0933. The molecule has 1 aromatic rings. The number of ether oxygens (including phenoxy) is 2. The van der Waals surface area contributed by atoms with Gasteiger partial charge >= 0.3 is 0 Å². The van der Waals surface area contributed by atoms with Gasteiger partial charge in [-0.25, -0.2) is 0 Å². The van der Waals surface area contributed by atoms with E-state index in [1.54, 1.807) is 0 Å². The topological polar surface area (TPSA) is 35.5 Å². The standard InChI is InChI=1S/C15H12O3/c16-12-5-6-17-14-7-10-9-3-1-2-4-13(9)18-15(10)8-11(12)14/h1-4,7-9,13H,5-6H2. The molecule has 0 aromatic heterocycles. The third kappa shape index (κ3) is 1.27. The highest BCUT2D eigenvalue weighted by Gasteiger charge is 2.34. The number of allylic oxidation sites excluding steroid dienone is 2. The predicted octanol–water partition coefficient (Wildman–Crippen LogP) is 2.62. The van der Waals surface area contributed by atoms with Crippen LogP contribution in [0.2, 0.25) is 0 Å². The molecule has 1 aliphatic carbocycles. The summed E-state index contributed by atoms with van der Waals surface area (Å²) < 4.78 is 11.5. The molecule has 90 valence electrons. The van der Waals surface area contributed by atoms with Crippen molar-refractivity contribution in [1.82, 2.24) is 0 Å². The van der Waals surface area contributed by atoms with E-state index in [9.17, 15) is 4.79 Å². The summed E-state index contributed by atoms with van der Waals surface area (Å²) in [5.41, 5.74) is 1.78. The van der Waals surface area contributed by atoms with E-state index < -0.39 is 0 Å². The molecule has 18 heavy (non-hydrogen) atoms. The third-order valence-corrected chi connectivity index (χ3v) is 3.71. The molecule has 0 spiro atoms. The molecule has 0 fully saturated rings. The van der Waals surface area contributed by atoms with Gasteiger partial charge in [-0.15, -0.1) is 0 Å². The molecule has 1 aromatic carbocycles. The highest BCUT2D eigenvalue weighted by atomic mass is 16.5. The molecule has 2 unspecified atom stereocenters. The maximum atomic E-state index is 11.8. The second-order valence-electron chi connectivity index (χ2n) is 4.79. The van der Waals surface area contributed by atoms with Crippen molar-refractivity contribution in [3.63, 3.8) is 0 Å². The fourth-order valence-corrected chi connectivity index (χ4v) is 2.79. The lowest BCUT2D eigenvalue weighted by atomic mass is 9.90. The van der Waals surface area contributed by atoms with Gasteiger partial charge in [0.25, 0.3) is 0 Å². The van der Waals surface area contributed by atoms with E-state index in [1.165, 1.54) is 0 Å². The van der Waals surface area contributed by atoms with Crippen LogP contribution in [0.3, 0.4) is 0 Å². The molecule has 3 aliphatic rings. The van der Waals surface area contributed by atoms with Crippen molar-refractivity contribution in [2.75, 3.05) is 6.61 Å². The maximum absolute atomic E-state index is 11.8. The van der Waals surface area contributed by atoms with Crippen molar-refractivity contribution in [2.24, 2.45) is 0 Å². The molecule has 2 heterocycles. The summed E-state index contributed by atoms with van der Waals surface area (Å²) >= 11 is 0. The Bertz CT molecular complexity index is 598. The number of carbonyl (C=O) groups excluding carboxylic acids is 1. The highest BCUT2D eigenvalue weighted by Crippen LogP contribution is 2.44. The molecular weight excluding hydrogens is 228 g/mol. The molecular formula is C15H12O3. The number of hydrogen-bond donors (Lipinski definition) is 0. The number of rotatable bonds is 0. The average Bonchev–Trinajstić information content (AvgIpc) is 2.75. The van der Waals surface area contributed by atoms with E-state index in [2.05, 4.69) is 6.08 Å². The molecule has 0 amide bonds. The molecule has 0 N–H and O–H groups in total. The van der Waals surface area contributed by atoms with Crippen molar-refractivity contribution >= 4 is 5.78 Å². The minimum absolute atomic E-state index is 0.0592. The summed E-state index contributed by atoms with van der Waals surface area (Å²) in [7, 11) is 0. The van der Waals surface area contributed by atoms with Crippen molar-refractivity contribution < 1.29 is 14.3 Å². The number of carbonyl (C=O) groups is 1. The summed E-state index contributed by atoms with van der Waals surface area (Å²) in [4.78, 5) is 11.8. The maximum Gasteiger partial charge on any atom is 0.170 e. The fraction of sp³-hybridized carbons (Fsp3) is 0.267. The van der Waals surface area contributed by atoms with Gasteiger partial charge in [-0.3, -0.25) is 4.79 Å². The number of Topliss-reactive ketones (excluding diaryl/α,β-unsaturated/α-hetero) is 1. The first kappa shape index (κ1) is 9.95. The lowest BCUT2D eigenvalue weighted by Crippen LogP contribution is -2.15. The SMILES string of the molecule is O=C1CCOc2cc3c(cc21)OC1C=CC=CC31. The zero-order chi connectivity index (χ0) is 12.1. The number of hydrogen-bond acceptors (Lipinski definition) is 3. The lowest BCUT2D eigenvalue weighted by Gasteiger charge is -2.17.